The van der Waals surface area contributed by atoms with E-state index in [1.165, 1.54) is 0 Å². The van der Waals surface area contributed by atoms with Crippen LogP contribution in [0.2, 0.25) is 0 Å². The fraction of sp³-hybridized carbons (Fsp3) is 0.647. The average Bonchev–Trinajstić information content (AvgIpc) is 2.24. The number of rotatable bonds is 6. The second-order valence-corrected chi connectivity index (χ2v) is 9.14. The van der Waals surface area contributed by atoms with E-state index in [1.54, 1.807) is 0 Å². The molecule has 0 saturated carbocycles. The van der Waals surface area contributed by atoms with Crippen LogP contribution in [0.15, 0.2) is 18.2 Å². The van der Waals surface area contributed by atoms with Crippen molar-refractivity contribution >= 4 is 9.84 Å². The topological polar surface area (TPSA) is 46.2 Å². The van der Waals surface area contributed by atoms with Crippen molar-refractivity contribution in [3.8, 4) is 0 Å². The third-order valence-corrected chi connectivity index (χ3v) is 5.20. The van der Waals surface area contributed by atoms with Crippen LogP contribution in [-0.4, -0.2) is 26.8 Å². The summed E-state index contributed by atoms with van der Waals surface area (Å²) in [7, 11) is -3.14. The van der Waals surface area contributed by atoms with Crippen LogP contribution in [0.25, 0.3) is 0 Å². The first-order valence-corrected chi connectivity index (χ1v) is 9.36. The highest BCUT2D eigenvalue weighted by Crippen LogP contribution is 2.22. The van der Waals surface area contributed by atoms with Gasteiger partial charge in [-0.15, -0.1) is 0 Å². The van der Waals surface area contributed by atoms with Gasteiger partial charge in [-0.1, -0.05) is 57.0 Å². The van der Waals surface area contributed by atoms with E-state index in [4.69, 9.17) is 0 Å². The molecule has 1 atom stereocenters. The molecular formula is C17H29NO2S. The Labute approximate surface area is 130 Å². The molecule has 1 unspecified atom stereocenters. The molecule has 0 spiro atoms. The Kier molecular flexibility index (Phi) is 6.00. The summed E-state index contributed by atoms with van der Waals surface area (Å²) in [5.41, 5.74) is 3.03. The van der Waals surface area contributed by atoms with E-state index in [9.17, 15) is 8.42 Å². The second kappa shape index (κ2) is 6.93. The van der Waals surface area contributed by atoms with Gasteiger partial charge in [0.2, 0.25) is 0 Å². The van der Waals surface area contributed by atoms with E-state index in [-0.39, 0.29) is 23.0 Å². The molecule has 0 aromatic heterocycles. The van der Waals surface area contributed by atoms with Crippen molar-refractivity contribution in [2.24, 2.45) is 5.41 Å². The van der Waals surface area contributed by atoms with Gasteiger partial charge in [-0.25, -0.2) is 8.42 Å². The molecule has 0 fully saturated rings. The molecule has 0 radical (unpaired) electrons. The maximum Gasteiger partial charge on any atom is 0.155 e. The number of sulfone groups is 1. The highest BCUT2D eigenvalue weighted by molar-refractivity contribution is 7.90. The molecular weight excluding hydrogens is 282 g/mol. The van der Waals surface area contributed by atoms with Crippen molar-refractivity contribution in [2.75, 3.05) is 12.3 Å². The van der Waals surface area contributed by atoms with E-state index in [0.29, 0.717) is 0 Å². The molecule has 0 amide bonds. The predicted molar refractivity (Wildman–Crippen MR) is 90.3 cm³/mol. The first-order valence-electron chi connectivity index (χ1n) is 7.54. The van der Waals surface area contributed by atoms with E-state index >= 15 is 0 Å². The average molecular weight is 311 g/mol. The minimum absolute atomic E-state index is 0.0293. The van der Waals surface area contributed by atoms with Crippen molar-refractivity contribution in [2.45, 2.75) is 53.3 Å². The standard InChI is InChI=1S/C17H29NO2S/c1-7-18-16(17(4,5)6)12-21(19,20)11-15-9-13(2)8-14(3)10-15/h8-10,16,18H,7,11-12H2,1-6H3. The number of benzene rings is 1. The molecule has 1 N–H and O–H groups in total. The lowest BCUT2D eigenvalue weighted by Gasteiger charge is -2.31. The van der Waals surface area contributed by atoms with Gasteiger partial charge >= 0.3 is 0 Å². The zero-order valence-electron chi connectivity index (χ0n) is 14.2. The summed E-state index contributed by atoms with van der Waals surface area (Å²) < 4.78 is 25.0. The Hall–Kier alpha value is -0.870. The third kappa shape index (κ3) is 6.18. The Morgan fingerprint density at radius 2 is 1.62 bits per heavy atom. The summed E-state index contributed by atoms with van der Waals surface area (Å²) in [5.74, 6) is 0.296. The lowest BCUT2D eigenvalue weighted by atomic mass is 9.88. The Balaban J connectivity index is 2.90. The zero-order valence-corrected chi connectivity index (χ0v) is 15.0. The van der Waals surface area contributed by atoms with Crippen LogP contribution in [-0.2, 0) is 15.6 Å². The van der Waals surface area contributed by atoms with Crippen molar-refractivity contribution in [1.29, 1.82) is 0 Å². The highest BCUT2D eigenvalue weighted by atomic mass is 32.2. The first kappa shape index (κ1) is 18.2. The van der Waals surface area contributed by atoms with Crippen LogP contribution in [0, 0.1) is 19.3 Å². The molecule has 3 nitrogen and oxygen atoms in total. The summed E-state index contributed by atoms with van der Waals surface area (Å²) in [6.45, 7) is 13.0. The van der Waals surface area contributed by atoms with Gasteiger partial charge in [0.05, 0.1) is 11.5 Å². The van der Waals surface area contributed by atoms with Gasteiger partial charge in [-0.05, 0) is 31.4 Å². The maximum atomic E-state index is 12.5. The molecule has 0 heterocycles. The molecule has 0 aliphatic rings. The van der Waals surface area contributed by atoms with E-state index < -0.39 is 9.84 Å². The van der Waals surface area contributed by atoms with Crippen LogP contribution in [0.4, 0.5) is 0 Å². The van der Waals surface area contributed by atoms with Gasteiger partial charge in [0, 0.05) is 6.04 Å². The summed E-state index contributed by atoms with van der Waals surface area (Å²) in [6.07, 6.45) is 0. The monoisotopic (exact) mass is 311 g/mol. The van der Waals surface area contributed by atoms with Crippen LogP contribution in [0.3, 0.4) is 0 Å². The lowest BCUT2D eigenvalue weighted by Crippen LogP contribution is -2.45. The minimum atomic E-state index is -3.14. The zero-order chi connectivity index (χ0) is 16.3. The molecule has 1 rings (SSSR count). The molecule has 1 aromatic carbocycles. The van der Waals surface area contributed by atoms with E-state index in [2.05, 4.69) is 32.2 Å². The maximum absolute atomic E-state index is 12.5. The Morgan fingerprint density at radius 1 is 1.10 bits per heavy atom. The van der Waals surface area contributed by atoms with Crippen molar-refractivity contribution in [3.05, 3.63) is 34.9 Å². The summed E-state index contributed by atoms with van der Waals surface area (Å²) in [6, 6.07) is 5.96. The molecule has 0 saturated heterocycles. The van der Waals surface area contributed by atoms with Crippen molar-refractivity contribution in [3.63, 3.8) is 0 Å². The molecule has 0 aliphatic carbocycles. The molecule has 4 heteroatoms. The SMILES string of the molecule is CCNC(CS(=O)(=O)Cc1cc(C)cc(C)c1)C(C)(C)C. The first-order chi connectivity index (χ1) is 9.53. The van der Waals surface area contributed by atoms with Gasteiger partial charge in [0.1, 0.15) is 0 Å². The molecule has 0 bridgehead atoms. The molecule has 120 valence electrons. The summed E-state index contributed by atoms with van der Waals surface area (Å²) >= 11 is 0. The van der Waals surface area contributed by atoms with Crippen LogP contribution in [0.1, 0.15) is 44.4 Å². The van der Waals surface area contributed by atoms with Crippen LogP contribution >= 0.6 is 0 Å². The largest absolute Gasteiger partial charge is 0.313 e. The number of aryl methyl sites for hydroxylation is 2. The fourth-order valence-electron chi connectivity index (χ4n) is 2.58. The summed E-state index contributed by atoms with van der Waals surface area (Å²) in [5, 5.41) is 3.31. The van der Waals surface area contributed by atoms with Crippen LogP contribution < -0.4 is 5.32 Å². The van der Waals surface area contributed by atoms with Gasteiger partial charge < -0.3 is 5.32 Å². The highest BCUT2D eigenvalue weighted by Gasteiger charge is 2.29. The normalized spacial score (nSPS) is 14.2. The van der Waals surface area contributed by atoms with Gasteiger partial charge in [-0.3, -0.25) is 0 Å². The molecule has 1 aromatic rings. The fourth-order valence-corrected chi connectivity index (χ4v) is 4.50. The number of nitrogens with one attached hydrogen (secondary N) is 1. The van der Waals surface area contributed by atoms with E-state index in [1.807, 2.05) is 32.9 Å². The summed E-state index contributed by atoms with van der Waals surface area (Å²) in [4.78, 5) is 0. The molecule has 21 heavy (non-hydrogen) atoms. The van der Waals surface area contributed by atoms with Gasteiger partial charge in [0.15, 0.2) is 9.84 Å². The smallest absolute Gasteiger partial charge is 0.155 e. The number of hydrogen-bond donors (Lipinski definition) is 1. The minimum Gasteiger partial charge on any atom is -0.313 e. The van der Waals surface area contributed by atoms with Gasteiger partial charge in [-0.2, -0.15) is 0 Å². The van der Waals surface area contributed by atoms with Gasteiger partial charge in [0.25, 0.3) is 0 Å². The second-order valence-electron chi connectivity index (χ2n) is 7.03. The Morgan fingerprint density at radius 3 is 2.05 bits per heavy atom. The Bertz CT molecular complexity index is 551. The predicted octanol–water partition coefficient (Wildman–Crippen LogP) is 3.24. The molecule has 0 aliphatic heterocycles. The lowest BCUT2D eigenvalue weighted by molar-refractivity contribution is 0.292. The third-order valence-electron chi connectivity index (χ3n) is 3.58. The number of hydrogen-bond acceptors (Lipinski definition) is 3. The van der Waals surface area contributed by atoms with Crippen LogP contribution in [0.5, 0.6) is 0 Å². The van der Waals surface area contributed by atoms with E-state index in [0.717, 1.165) is 23.2 Å². The van der Waals surface area contributed by atoms with Crippen molar-refractivity contribution in [1.82, 2.24) is 5.32 Å². The van der Waals surface area contributed by atoms with Crippen molar-refractivity contribution < 1.29 is 8.42 Å². The quantitative estimate of drug-likeness (QED) is 0.877.